The third-order valence-electron chi connectivity index (χ3n) is 1.43. The van der Waals surface area contributed by atoms with Gasteiger partial charge in [-0.2, -0.15) is 0 Å². The first-order chi connectivity index (χ1) is 7.60. The highest BCUT2D eigenvalue weighted by atomic mass is 31.2. The van der Waals surface area contributed by atoms with E-state index in [0.29, 0.717) is 19.0 Å². The molecule has 16 heavy (non-hydrogen) atoms. The van der Waals surface area contributed by atoms with E-state index in [-0.39, 0.29) is 5.78 Å². The summed E-state index contributed by atoms with van der Waals surface area (Å²) in [6.07, 6.45) is 3.25. The molecule has 0 heterocycles. The Labute approximate surface area is 99.0 Å². The van der Waals surface area contributed by atoms with E-state index in [4.69, 9.17) is 13.6 Å². The third-order valence-corrected chi connectivity index (χ3v) is 2.65. The molecule has 0 aromatic heterocycles. The first-order valence-electron chi connectivity index (χ1n) is 5.52. The highest BCUT2D eigenvalue weighted by Gasteiger charge is 2.13. The molecule has 0 N–H and O–H groups in total. The second-order valence-electron chi connectivity index (χ2n) is 3.35. The Morgan fingerprint density at radius 2 is 1.62 bits per heavy atom. The number of ketones is 1. The maximum Gasteiger partial charge on any atom is 0.396 e. The molecule has 0 atom stereocenters. The second kappa shape index (κ2) is 9.76. The van der Waals surface area contributed by atoms with Crippen molar-refractivity contribution < 1.29 is 18.4 Å². The average Bonchev–Trinajstić information content (AvgIpc) is 2.20. The van der Waals surface area contributed by atoms with Crippen LogP contribution in [0.1, 0.15) is 40.5 Å². The summed E-state index contributed by atoms with van der Waals surface area (Å²) in [6, 6.07) is 0. The smallest absolute Gasteiger partial charge is 0.396 e. The highest BCUT2D eigenvalue weighted by Crippen LogP contribution is 2.42. The molecule has 0 aromatic rings. The van der Waals surface area contributed by atoms with Crippen LogP contribution < -0.4 is 0 Å². The Kier molecular flexibility index (Phi) is 9.49. The van der Waals surface area contributed by atoms with Crippen molar-refractivity contribution in [3.05, 3.63) is 11.8 Å². The first kappa shape index (κ1) is 15.6. The molecule has 0 saturated heterocycles. The SMILES string of the molecule is CCCOP(OCCC)O/C(C)=C/C(C)=O. The van der Waals surface area contributed by atoms with Crippen LogP contribution in [0.15, 0.2) is 11.8 Å². The summed E-state index contributed by atoms with van der Waals surface area (Å²) in [5.74, 6) is 0.490. The zero-order chi connectivity index (χ0) is 12.4. The Hall–Kier alpha value is -0.440. The average molecular weight is 248 g/mol. The fourth-order valence-corrected chi connectivity index (χ4v) is 1.98. The molecule has 0 fully saturated rings. The van der Waals surface area contributed by atoms with Gasteiger partial charge in [-0.05, 0) is 26.7 Å². The summed E-state index contributed by atoms with van der Waals surface area (Å²) < 4.78 is 16.3. The van der Waals surface area contributed by atoms with E-state index in [1.807, 2.05) is 13.8 Å². The van der Waals surface area contributed by atoms with Crippen LogP contribution in [0.3, 0.4) is 0 Å². The number of carbonyl (C=O) groups is 1. The lowest BCUT2D eigenvalue weighted by molar-refractivity contribution is -0.112. The fraction of sp³-hybridized carbons (Fsp3) is 0.727. The molecule has 0 unspecified atom stereocenters. The van der Waals surface area contributed by atoms with Gasteiger partial charge in [-0.25, -0.2) is 0 Å². The van der Waals surface area contributed by atoms with E-state index in [1.165, 1.54) is 13.0 Å². The lowest BCUT2D eigenvalue weighted by atomic mass is 10.4. The predicted octanol–water partition coefficient (Wildman–Crippen LogP) is 3.58. The number of carbonyl (C=O) groups excluding carboxylic acids is 1. The minimum absolute atomic E-state index is 0.0431. The molecule has 0 bridgehead atoms. The molecule has 0 aliphatic carbocycles. The summed E-state index contributed by atoms with van der Waals surface area (Å²) in [7, 11) is -1.36. The van der Waals surface area contributed by atoms with Crippen LogP contribution in [0.25, 0.3) is 0 Å². The van der Waals surface area contributed by atoms with Crippen LogP contribution in [-0.4, -0.2) is 19.0 Å². The molecule has 0 saturated carbocycles. The zero-order valence-corrected chi connectivity index (χ0v) is 11.4. The van der Waals surface area contributed by atoms with Gasteiger partial charge in [-0.15, -0.1) is 0 Å². The minimum atomic E-state index is -1.36. The molecule has 0 aliphatic heterocycles. The molecular weight excluding hydrogens is 227 g/mol. The van der Waals surface area contributed by atoms with Crippen molar-refractivity contribution in [3.63, 3.8) is 0 Å². The van der Waals surface area contributed by atoms with Gasteiger partial charge in [0.25, 0.3) is 0 Å². The number of rotatable bonds is 9. The van der Waals surface area contributed by atoms with Crippen molar-refractivity contribution in [2.75, 3.05) is 13.2 Å². The summed E-state index contributed by atoms with van der Waals surface area (Å²) in [5, 5.41) is 0. The summed E-state index contributed by atoms with van der Waals surface area (Å²) in [4.78, 5) is 10.8. The maximum absolute atomic E-state index is 10.8. The molecule has 0 aromatic carbocycles. The van der Waals surface area contributed by atoms with E-state index >= 15 is 0 Å². The van der Waals surface area contributed by atoms with Crippen LogP contribution >= 0.6 is 8.60 Å². The lowest BCUT2D eigenvalue weighted by Gasteiger charge is -2.16. The van der Waals surface area contributed by atoms with Gasteiger partial charge in [0.05, 0.1) is 13.2 Å². The molecule has 4 nitrogen and oxygen atoms in total. The highest BCUT2D eigenvalue weighted by molar-refractivity contribution is 7.41. The summed E-state index contributed by atoms with van der Waals surface area (Å²) >= 11 is 0. The molecule has 0 rings (SSSR count). The third kappa shape index (κ3) is 8.84. The van der Waals surface area contributed by atoms with Gasteiger partial charge in [0.2, 0.25) is 0 Å². The van der Waals surface area contributed by atoms with Crippen molar-refractivity contribution >= 4 is 14.4 Å². The second-order valence-corrected chi connectivity index (χ2v) is 4.49. The quantitative estimate of drug-likeness (QED) is 0.355. The van der Waals surface area contributed by atoms with Gasteiger partial charge >= 0.3 is 8.60 Å². The standard InChI is InChI=1S/C11H21O4P/c1-5-7-13-16(14-8-6-2)15-11(4)9-10(3)12/h9H,5-8H2,1-4H3/b11-9+. The number of allylic oxidation sites excluding steroid dienone is 2. The Bertz CT molecular complexity index is 220. The normalized spacial score (nSPS) is 11.9. The van der Waals surface area contributed by atoms with Gasteiger partial charge in [0.1, 0.15) is 5.76 Å². The van der Waals surface area contributed by atoms with Crippen LogP contribution in [0.2, 0.25) is 0 Å². The van der Waals surface area contributed by atoms with Crippen molar-refractivity contribution in [2.24, 2.45) is 0 Å². The molecule has 0 radical (unpaired) electrons. The van der Waals surface area contributed by atoms with Crippen LogP contribution in [-0.2, 0) is 18.4 Å². The first-order valence-corrected chi connectivity index (χ1v) is 6.62. The molecule has 0 aliphatic rings. The van der Waals surface area contributed by atoms with E-state index in [9.17, 15) is 4.79 Å². The van der Waals surface area contributed by atoms with Crippen molar-refractivity contribution in [3.8, 4) is 0 Å². The Morgan fingerprint density at radius 3 is 2.00 bits per heavy atom. The molecule has 0 amide bonds. The van der Waals surface area contributed by atoms with E-state index in [1.54, 1.807) is 6.92 Å². The van der Waals surface area contributed by atoms with Crippen molar-refractivity contribution in [2.45, 2.75) is 40.5 Å². The lowest BCUT2D eigenvalue weighted by Crippen LogP contribution is -1.97. The van der Waals surface area contributed by atoms with E-state index in [2.05, 4.69) is 0 Å². The summed E-state index contributed by atoms with van der Waals surface area (Å²) in [6.45, 7) is 8.44. The van der Waals surface area contributed by atoms with Crippen molar-refractivity contribution in [1.82, 2.24) is 0 Å². The van der Waals surface area contributed by atoms with E-state index in [0.717, 1.165) is 12.8 Å². The van der Waals surface area contributed by atoms with Gasteiger partial charge in [-0.1, -0.05) is 13.8 Å². The van der Waals surface area contributed by atoms with E-state index < -0.39 is 8.60 Å². The topological polar surface area (TPSA) is 44.8 Å². The predicted molar refractivity (Wildman–Crippen MR) is 64.9 cm³/mol. The molecule has 5 heteroatoms. The molecular formula is C11H21O4P. The van der Waals surface area contributed by atoms with Gasteiger partial charge in [0.15, 0.2) is 5.78 Å². The van der Waals surface area contributed by atoms with Crippen LogP contribution in [0.5, 0.6) is 0 Å². The van der Waals surface area contributed by atoms with Gasteiger partial charge in [-0.3, -0.25) is 4.79 Å². The fourth-order valence-electron chi connectivity index (χ4n) is 0.852. The zero-order valence-electron chi connectivity index (χ0n) is 10.5. The minimum Gasteiger partial charge on any atom is -0.431 e. The largest absolute Gasteiger partial charge is 0.431 e. The maximum atomic E-state index is 10.8. The van der Waals surface area contributed by atoms with Crippen LogP contribution in [0, 0.1) is 0 Å². The number of hydrogen-bond donors (Lipinski definition) is 0. The van der Waals surface area contributed by atoms with Gasteiger partial charge in [0, 0.05) is 6.08 Å². The summed E-state index contributed by atoms with van der Waals surface area (Å²) in [5.41, 5.74) is 0. The van der Waals surface area contributed by atoms with Crippen LogP contribution in [0.4, 0.5) is 0 Å². The Balaban J connectivity index is 4.12. The molecule has 94 valence electrons. The monoisotopic (exact) mass is 248 g/mol. The Morgan fingerprint density at radius 1 is 1.12 bits per heavy atom. The van der Waals surface area contributed by atoms with Crippen molar-refractivity contribution in [1.29, 1.82) is 0 Å². The van der Waals surface area contributed by atoms with Gasteiger partial charge < -0.3 is 13.6 Å². The number of hydrogen-bond acceptors (Lipinski definition) is 4. The molecule has 0 spiro atoms.